The van der Waals surface area contributed by atoms with E-state index in [4.69, 9.17) is 0 Å². The molecule has 3 heteroatoms. The van der Waals surface area contributed by atoms with E-state index in [0.29, 0.717) is 25.1 Å². The maximum Gasteiger partial charge on any atom is 0.155 e. The Balaban J connectivity index is 3.13. The first kappa shape index (κ1) is 12.4. The molecule has 0 aliphatic rings. The van der Waals surface area contributed by atoms with Crippen molar-refractivity contribution in [2.75, 3.05) is 18.0 Å². The minimum absolute atomic E-state index is 0.116. The number of anilines is 1. The van der Waals surface area contributed by atoms with Crippen LogP contribution in [0, 0.1) is 5.82 Å². The van der Waals surface area contributed by atoms with Crippen molar-refractivity contribution in [2.45, 2.75) is 13.8 Å². The molecule has 0 atom stereocenters. The van der Waals surface area contributed by atoms with E-state index in [1.807, 2.05) is 18.7 Å². The van der Waals surface area contributed by atoms with Gasteiger partial charge in [-0.1, -0.05) is 18.2 Å². The number of rotatable bonds is 5. The maximum atomic E-state index is 13.4. The van der Waals surface area contributed by atoms with E-state index in [0.717, 1.165) is 5.57 Å². The van der Waals surface area contributed by atoms with Gasteiger partial charge in [0.2, 0.25) is 0 Å². The first-order valence-electron chi connectivity index (χ1n) is 5.23. The standard InChI is InChI=1S/C13H16FNO/c1-4-15(8-10(2)3)13-7-5-6-12(14)11(13)9-16/h5-7,9H,2,4,8H2,1,3H3. The molecular formula is C13H16FNO. The molecule has 0 unspecified atom stereocenters. The van der Waals surface area contributed by atoms with E-state index in [-0.39, 0.29) is 5.56 Å². The first-order chi connectivity index (χ1) is 7.60. The Morgan fingerprint density at radius 1 is 1.56 bits per heavy atom. The molecule has 1 aromatic carbocycles. The molecule has 0 fully saturated rings. The summed E-state index contributed by atoms with van der Waals surface area (Å²) in [4.78, 5) is 12.8. The molecule has 0 bridgehead atoms. The lowest BCUT2D eigenvalue weighted by Gasteiger charge is -2.24. The van der Waals surface area contributed by atoms with Gasteiger partial charge in [-0.2, -0.15) is 0 Å². The summed E-state index contributed by atoms with van der Waals surface area (Å²) in [6.45, 7) is 9.02. The van der Waals surface area contributed by atoms with Crippen LogP contribution in [0.1, 0.15) is 24.2 Å². The summed E-state index contributed by atoms with van der Waals surface area (Å²) in [5.74, 6) is -0.479. The van der Waals surface area contributed by atoms with E-state index in [9.17, 15) is 9.18 Å². The Hall–Kier alpha value is -1.64. The van der Waals surface area contributed by atoms with Gasteiger partial charge in [-0.15, -0.1) is 0 Å². The SMILES string of the molecule is C=C(C)CN(CC)c1cccc(F)c1C=O. The van der Waals surface area contributed by atoms with Crippen LogP contribution in [0.15, 0.2) is 30.4 Å². The zero-order valence-corrected chi connectivity index (χ0v) is 9.66. The second kappa shape index (κ2) is 5.45. The van der Waals surface area contributed by atoms with Gasteiger partial charge in [0.05, 0.1) is 11.3 Å². The van der Waals surface area contributed by atoms with Crippen molar-refractivity contribution in [3.8, 4) is 0 Å². The molecule has 0 N–H and O–H groups in total. The number of carbonyl (C=O) groups excluding carboxylic acids is 1. The molecule has 0 amide bonds. The number of benzene rings is 1. The number of aldehydes is 1. The highest BCUT2D eigenvalue weighted by atomic mass is 19.1. The lowest BCUT2D eigenvalue weighted by Crippen LogP contribution is -2.25. The highest BCUT2D eigenvalue weighted by molar-refractivity contribution is 5.85. The predicted molar refractivity (Wildman–Crippen MR) is 64.5 cm³/mol. The third-order valence-corrected chi connectivity index (χ3v) is 2.33. The van der Waals surface area contributed by atoms with E-state index in [1.54, 1.807) is 12.1 Å². The minimum Gasteiger partial charge on any atom is -0.367 e. The molecule has 0 saturated carbocycles. The van der Waals surface area contributed by atoms with Gasteiger partial charge >= 0.3 is 0 Å². The number of halogens is 1. The van der Waals surface area contributed by atoms with Crippen LogP contribution in [-0.2, 0) is 0 Å². The summed E-state index contributed by atoms with van der Waals surface area (Å²) in [6, 6.07) is 4.65. The molecule has 0 aromatic heterocycles. The van der Waals surface area contributed by atoms with E-state index in [1.165, 1.54) is 6.07 Å². The van der Waals surface area contributed by atoms with Crippen LogP contribution < -0.4 is 4.90 Å². The number of hydrogen-bond donors (Lipinski definition) is 0. The summed E-state index contributed by atoms with van der Waals surface area (Å²) in [7, 11) is 0. The van der Waals surface area contributed by atoms with Crippen molar-refractivity contribution in [2.24, 2.45) is 0 Å². The van der Waals surface area contributed by atoms with Gasteiger partial charge in [0.25, 0.3) is 0 Å². The highest BCUT2D eigenvalue weighted by Gasteiger charge is 2.12. The Morgan fingerprint density at radius 2 is 2.25 bits per heavy atom. The normalized spacial score (nSPS) is 9.94. The molecule has 0 heterocycles. The van der Waals surface area contributed by atoms with E-state index in [2.05, 4.69) is 6.58 Å². The summed E-state index contributed by atoms with van der Waals surface area (Å²) in [5.41, 5.74) is 1.72. The first-order valence-corrected chi connectivity index (χ1v) is 5.23. The molecule has 0 aliphatic heterocycles. The van der Waals surface area contributed by atoms with Gasteiger partial charge < -0.3 is 4.90 Å². The Bertz CT molecular complexity index is 401. The van der Waals surface area contributed by atoms with E-state index >= 15 is 0 Å². The van der Waals surface area contributed by atoms with Gasteiger partial charge in [0, 0.05) is 13.1 Å². The van der Waals surface area contributed by atoms with Crippen molar-refractivity contribution in [1.82, 2.24) is 0 Å². The number of nitrogens with zero attached hydrogens (tertiary/aromatic N) is 1. The lowest BCUT2D eigenvalue weighted by atomic mass is 10.1. The fourth-order valence-electron chi connectivity index (χ4n) is 1.61. The minimum atomic E-state index is -0.479. The maximum absolute atomic E-state index is 13.4. The second-order valence-electron chi connectivity index (χ2n) is 3.76. The smallest absolute Gasteiger partial charge is 0.155 e. The lowest BCUT2D eigenvalue weighted by molar-refractivity contribution is 0.112. The average molecular weight is 221 g/mol. The summed E-state index contributed by atoms with van der Waals surface area (Å²) in [5, 5.41) is 0. The van der Waals surface area contributed by atoms with Crippen LogP contribution in [0.2, 0.25) is 0 Å². The van der Waals surface area contributed by atoms with Gasteiger partial charge in [-0.25, -0.2) is 4.39 Å². The molecule has 2 nitrogen and oxygen atoms in total. The van der Waals surface area contributed by atoms with Crippen LogP contribution in [-0.4, -0.2) is 19.4 Å². The Labute approximate surface area is 95.4 Å². The van der Waals surface area contributed by atoms with Crippen LogP contribution in [0.25, 0.3) is 0 Å². The fourth-order valence-corrected chi connectivity index (χ4v) is 1.61. The van der Waals surface area contributed by atoms with Crippen molar-refractivity contribution in [3.63, 3.8) is 0 Å². The summed E-state index contributed by atoms with van der Waals surface area (Å²) < 4.78 is 13.4. The summed E-state index contributed by atoms with van der Waals surface area (Å²) in [6.07, 6.45) is 0.561. The second-order valence-corrected chi connectivity index (χ2v) is 3.76. The Kier molecular flexibility index (Phi) is 4.23. The van der Waals surface area contributed by atoms with Crippen molar-refractivity contribution in [3.05, 3.63) is 41.7 Å². The zero-order chi connectivity index (χ0) is 12.1. The number of carbonyl (C=O) groups is 1. The molecule has 1 rings (SSSR count). The molecule has 0 saturated heterocycles. The molecule has 86 valence electrons. The molecule has 0 aliphatic carbocycles. The molecule has 1 aromatic rings. The largest absolute Gasteiger partial charge is 0.367 e. The third kappa shape index (κ3) is 2.69. The average Bonchev–Trinajstić information content (AvgIpc) is 2.25. The summed E-state index contributed by atoms with van der Waals surface area (Å²) >= 11 is 0. The van der Waals surface area contributed by atoms with E-state index < -0.39 is 5.82 Å². The van der Waals surface area contributed by atoms with Crippen molar-refractivity contribution >= 4 is 12.0 Å². The molecule has 16 heavy (non-hydrogen) atoms. The van der Waals surface area contributed by atoms with Crippen LogP contribution in [0.3, 0.4) is 0 Å². The Morgan fingerprint density at radius 3 is 2.75 bits per heavy atom. The molecule has 0 spiro atoms. The van der Waals surface area contributed by atoms with Crippen molar-refractivity contribution in [1.29, 1.82) is 0 Å². The monoisotopic (exact) mass is 221 g/mol. The van der Waals surface area contributed by atoms with Gasteiger partial charge in [0.1, 0.15) is 5.82 Å². The molecule has 0 radical (unpaired) electrons. The van der Waals surface area contributed by atoms with Gasteiger partial charge in [-0.05, 0) is 26.0 Å². The van der Waals surface area contributed by atoms with Gasteiger partial charge in [0.15, 0.2) is 6.29 Å². The highest BCUT2D eigenvalue weighted by Crippen LogP contribution is 2.22. The number of hydrogen-bond acceptors (Lipinski definition) is 2. The van der Waals surface area contributed by atoms with Crippen LogP contribution in [0.5, 0.6) is 0 Å². The topological polar surface area (TPSA) is 20.3 Å². The quantitative estimate of drug-likeness (QED) is 0.562. The predicted octanol–water partition coefficient (Wildman–Crippen LogP) is 3.04. The van der Waals surface area contributed by atoms with Gasteiger partial charge in [-0.3, -0.25) is 4.79 Å². The number of likely N-dealkylation sites (N-methyl/N-ethyl adjacent to an activating group) is 1. The van der Waals surface area contributed by atoms with Crippen LogP contribution in [0.4, 0.5) is 10.1 Å². The molecular weight excluding hydrogens is 205 g/mol. The third-order valence-electron chi connectivity index (χ3n) is 2.33. The van der Waals surface area contributed by atoms with Crippen molar-refractivity contribution < 1.29 is 9.18 Å². The fraction of sp³-hybridized carbons (Fsp3) is 0.308. The zero-order valence-electron chi connectivity index (χ0n) is 9.66. The van der Waals surface area contributed by atoms with Crippen LogP contribution >= 0.6 is 0 Å².